The molecule has 0 unspecified atom stereocenters. The Kier molecular flexibility index (Phi) is 5.30. The number of aromatic nitrogens is 2. The first-order valence-electron chi connectivity index (χ1n) is 7.71. The van der Waals surface area contributed by atoms with Gasteiger partial charge in [-0.15, -0.1) is 10.2 Å². The Morgan fingerprint density at radius 1 is 0.815 bits per heavy atom. The number of anilines is 3. The standard InChI is InChI=1S/C18H12F4N4O/c19-11-4-2-1-3-10(11)9-16(27)24-15-8-7-14(25-26-15)23-13-6-5-12(20)17(21)18(13)22/h1-8H,9H2,(H,23,25)(H,24,26,27). The summed E-state index contributed by atoms with van der Waals surface area (Å²) >= 11 is 0. The minimum Gasteiger partial charge on any atom is -0.336 e. The van der Waals surface area contributed by atoms with Crippen LogP contribution in [0.4, 0.5) is 34.9 Å². The van der Waals surface area contributed by atoms with Crippen molar-refractivity contribution >= 4 is 23.2 Å². The molecule has 0 radical (unpaired) electrons. The number of carbonyl (C=O) groups excluding carboxylic acids is 1. The zero-order valence-electron chi connectivity index (χ0n) is 13.6. The van der Waals surface area contributed by atoms with Crippen molar-refractivity contribution in [2.75, 3.05) is 10.6 Å². The van der Waals surface area contributed by atoms with Crippen LogP contribution in [0.15, 0.2) is 48.5 Å². The van der Waals surface area contributed by atoms with E-state index in [0.29, 0.717) is 0 Å². The first kappa shape index (κ1) is 18.3. The first-order valence-corrected chi connectivity index (χ1v) is 7.71. The van der Waals surface area contributed by atoms with Crippen molar-refractivity contribution in [3.63, 3.8) is 0 Å². The van der Waals surface area contributed by atoms with Gasteiger partial charge in [-0.05, 0) is 35.9 Å². The van der Waals surface area contributed by atoms with Gasteiger partial charge in [0.15, 0.2) is 29.1 Å². The summed E-state index contributed by atoms with van der Waals surface area (Å²) in [5.74, 6) is -5.16. The molecule has 5 nitrogen and oxygen atoms in total. The third kappa shape index (κ3) is 4.38. The number of halogens is 4. The zero-order valence-corrected chi connectivity index (χ0v) is 13.6. The number of benzene rings is 2. The fourth-order valence-corrected chi connectivity index (χ4v) is 2.23. The fourth-order valence-electron chi connectivity index (χ4n) is 2.23. The summed E-state index contributed by atoms with van der Waals surface area (Å²) in [4.78, 5) is 11.9. The lowest BCUT2D eigenvalue weighted by atomic mass is 10.1. The van der Waals surface area contributed by atoms with Crippen LogP contribution in [0.25, 0.3) is 0 Å². The molecule has 0 spiro atoms. The molecule has 0 fully saturated rings. The lowest BCUT2D eigenvalue weighted by molar-refractivity contribution is -0.115. The molecular weight excluding hydrogens is 364 g/mol. The molecule has 0 aliphatic heterocycles. The van der Waals surface area contributed by atoms with Crippen molar-refractivity contribution in [2.24, 2.45) is 0 Å². The van der Waals surface area contributed by atoms with E-state index >= 15 is 0 Å². The van der Waals surface area contributed by atoms with Crippen LogP contribution in [0, 0.1) is 23.3 Å². The van der Waals surface area contributed by atoms with Gasteiger partial charge in [0.05, 0.1) is 12.1 Å². The second-order valence-corrected chi connectivity index (χ2v) is 5.47. The molecule has 2 aromatic carbocycles. The molecule has 0 aliphatic rings. The van der Waals surface area contributed by atoms with Gasteiger partial charge in [0.2, 0.25) is 5.91 Å². The number of amides is 1. The highest BCUT2D eigenvalue weighted by Gasteiger charge is 2.14. The zero-order chi connectivity index (χ0) is 19.4. The van der Waals surface area contributed by atoms with Crippen LogP contribution in [-0.2, 0) is 11.2 Å². The predicted octanol–water partition coefficient (Wildman–Crippen LogP) is 3.96. The molecule has 2 N–H and O–H groups in total. The van der Waals surface area contributed by atoms with Gasteiger partial charge in [-0.3, -0.25) is 4.79 Å². The van der Waals surface area contributed by atoms with Crippen molar-refractivity contribution in [1.29, 1.82) is 0 Å². The number of nitrogens with zero attached hydrogens (tertiary/aromatic N) is 2. The lowest BCUT2D eigenvalue weighted by Crippen LogP contribution is -2.16. The lowest BCUT2D eigenvalue weighted by Gasteiger charge is -2.08. The number of hydrogen-bond donors (Lipinski definition) is 2. The molecule has 0 bridgehead atoms. The predicted molar refractivity (Wildman–Crippen MR) is 90.4 cm³/mol. The van der Waals surface area contributed by atoms with Gasteiger partial charge in [-0.25, -0.2) is 17.6 Å². The second-order valence-electron chi connectivity index (χ2n) is 5.47. The molecule has 1 heterocycles. The molecule has 27 heavy (non-hydrogen) atoms. The van der Waals surface area contributed by atoms with Crippen molar-refractivity contribution in [3.8, 4) is 0 Å². The van der Waals surface area contributed by atoms with E-state index in [1.807, 2.05) is 0 Å². The normalized spacial score (nSPS) is 10.5. The maximum atomic E-state index is 13.6. The molecular formula is C18H12F4N4O. The molecule has 9 heteroatoms. The maximum Gasteiger partial charge on any atom is 0.230 e. The first-order chi connectivity index (χ1) is 12.9. The molecule has 0 aliphatic carbocycles. The van der Waals surface area contributed by atoms with Gasteiger partial charge in [0.25, 0.3) is 0 Å². The number of hydrogen-bond acceptors (Lipinski definition) is 4. The Balaban J connectivity index is 1.64. The average Bonchev–Trinajstić information content (AvgIpc) is 2.65. The van der Waals surface area contributed by atoms with Crippen LogP contribution >= 0.6 is 0 Å². The highest BCUT2D eigenvalue weighted by Crippen LogP contribution is 2.22. The number of nitrogens with one attached hydrogen (secondary N) is 2. The summed E-state index contributed by atoms with van der Waals surface area (Å²) in [6.07, 6.45) is -0.186. The molecule has 3 aromatic rings. The minimum atomic E-state index is -1.61. The summed E-state index contributed by atoms with van der Waals surface area (Å²) in [5, 5.41) is 12.3. The van der Waals surface area contributed by atoms with E-state index in [1.165, 1.54) is 30.3 Å². The Morgan fingerprint density at radius 2 is 1.52 bits per heavy atom. The van der Waals surface area contributed by atoms with E-state index < -0.39 is 29.2 Å². The summed E-state index contributed by atoms with van der Waals surface area (Å²) in [7, 11) is 0. The monoisotopic (exact) mass is 376 g/mol. The van der Waals surface area contributed by atoms with Gasteiger partial charge >= 0.3 is 0 Å². The molecule has 138 valence electrons. The molecule has 0 saturated heterocycles. The third-order valence-electron chi connectivity index (χ3n) is 3.54. The van der Waals surface area contributed by atoms with Gasteiger partial charge in [0.1, 0.15) is 5.82 Å². The van der Waals surface area contributed by atoms with E-state index in [9.17, 15) is 22.4 Å². The quantitative estimate of drug-likeness (QED) is 0.523. The number of rotatable bonds is 5. The minimum absolute atomic E-state index is 0.0482. The smallest absolute Gasteiger partial charge is 0.230 e. The fraction of sp³-hybridized carbons (Fsp3) is 0.0556. The van der Waals surface area contributed by atoms with Gasteiger partial charge in [0, 0.05) is 0 Å². The summed E-state index contributed by atoms with van der Waals surface area (Å²) < 4.78 is 53.3. The summed E-state index contributed by atoms with van der Waals surface area (Å²) in [5.41, 5.74) is -0.0883. The molecule has 0 saturated carbocycles. The topological polar surface area (TPSA) is 66.9 Å². The van der Waals surface area contributed by atoms with Crippen molar-refractivity contribution in [2.45, 2.75) is 6.42 Å². The summed E-state index contributed by atoms with van der Waals surface area (Å²) in [6, 6.07) is 10.4. The third-order valence-corrected chi connectivity index (χ3v) is 3.54. The summed E-state index contributed by atoms with van der Waals surface area (Å²) in [6.45, 7) is 0. The highest BCUT2D eigenvalue weighted by atomic mass is 19.2. The second kappa shape index (κ2) is 7.81. The molecule has 1 amide bonds. The Labute approximate surface area is 151 Å². The van der Waals surface area contributed by atoms with Crippen LogP contribution in [-0.4, -0.2) is 16.1 Å². The SMILES string of the molecule is O=C(Cc1ccccc1F)Nc1ccc(Nc2ccc(F)c(F)c2F)nn1. The van der Waals surface area contributed by atoms with Crippen LogP contribution in [0.3, 0.4) is 0 Å². The van der Waals surface area contributed by atoms with Gasteiger partial charge < -0.3 is 10.6 Å². The molecule has 0 atom stereocenters. The van der Waals surface area contributed by atoms with Crippen LogP contribution in [0.2, 0.25) is 0 Å². The molecule has 1 aromatic heterocycles. The van der Waals surface area contributed by atoms with E-state index in [0.717, 1.165) is 12.1 Å². The average molecular weight is 376 g/mol. The van der Waals surface area contributed by atoms with Crippen molar-refractivity contribution in [1.82, 2.24) is 10.2 Å². The largest absolute Gasteiger partial charge is 0.336 e. The van der Waals surface area contributed by atoms with Crippen LogP contribution < -0.4 is 10.6 Å². The maximum absolute atomic E-state index is 13.6. The van der Waals surface area contributed by atoms with Crippen molar-refractivity contribution in [3.05, 3.63) is 77.4 Å². The Morgan fingerprint density at radius 3 is 2.22 bits per heavy atom. The van der Waals surface area contributed by atoms with E-state index in [2.05, 4.69) is 20.8 Å². The van der Waals surface area contributed by atoms with Gasteiger partial charge in [-0.2, -0.15) is 0 Å². The Hall–Kier alpha value is -3.49. The van der Waals surface area contributed by atoms with Crippen molar-refractivity contribution < 1.29 is 22.4 Å². The Bertz CT molecular complexity index is 980. The van der Waals surface area contributed by atoms with Gasteiger partial charge in [-0.1, -0.05) is 18.2 Å². The van der Waals surface area contributed by atoms with Crippen LogP contribution in [0.5, 0.6) is 0 Å². The highest BCUT2D eigenvalue weighted by molar-refractivity contribution is 5.91. The van der Waals surface area contributed by atoms with E-state index in [4.69, 9.17) is 0 Å². The van der Waals surface area contributed by atoms with E-state index in [1.54, 1.807) is 6.07 Å². The van der Waals surface area contributed by atoms with Crippen LogP contribution in [0.1, 0.15) is 5.56 Å². The molecule has 3 rings (SSSR count). The van der Waals surface area contributed by atoms with E-state index in [-0.39, 0.29) is 29.3 Å². The number of carbonyl (C=O) groups is 1.